The predicted molar refractivity (Wildman–Crippen MR) is 89.5 cm³/mol. The average Bonchev–Trinajstić information content (AvgIpc) is 2.56. The minimum atomic E-state index is -0.736. The van der Waals surface area contributed by atoms with E-state index in [-0.39, 0.29) is 12.5 Å². The molecule has 0 aliphatic rings. The third kappa shape index (κ3) is 5.11. The van der Waals surface area contributed by atoms with Crippen molar-refractivity contribution in [3.05, 3.63) is 70.7 Å². The van der Waals surface area contributed by atoms with Crippen LogP contribution in [-0.4, -0.2) is 24.5 Å². The summed E-state index contributed by atoms with van der Waals surface area (Å²) in [4.78, 5) is 24.4. The monoisotopic (exact) mass is 331 g/mol. The van der Waals surface area contributed by atoms with Gasteiger partial charge in [-0.25, -0.2) is 4.79 Å². The van der Waals surface area contributed by atoms with E-state index < -0.39 is 12.0 Å². The molecule has 0 saturated carbocycles. The van der Waals surface area contributed by atoms with E-state index in [2.05, 4.69) is 5.32 Å². The molecule has 2 aromatic rings. The van der Waals surface area contributed by atoms with Crippen LogP contribution in [0.4, 0.5) is 0 Å². The Morgan fingerprint density at radius 2 is 1.74 bits per heavy atom. The van der Waals surface area contributed by atoms with Crippen LogP contribution in [0, 0.1) is 0 Å². The van der Waals surface area contributed by atoms with Gasteiger partial charge in [-0.15, -0.1) is 0 Å². The molecule has 1 N–H and O–H groups in total. The Hall–Kier alpha value is -2.33. The Morgan fingerprint density at radius 1 is 1.09 bits per heavy atom. The third-order valence-corrected chi connectivity index (χ3v) is 3.52. The predicted octanol–water partition coefficient (Wildman–Crippen LogP) is 3.24. The fraction of sp³-hybridized carbons (Fsp3) is 0.222. The lowest BCUT2D eigenvalue weighted by Gasteiger charge is -2.17. The van der Waals surface area contributed by atoms with E-state index in [1.165, 1.54) is 0 Å². The van der Waals surface area contributed by atoms with Gasteiger partial charge in [-0.05, 0) is 36.8 Å². The molecule has 0 fully saturated rings. The highest BCUT2D eigenvalue weighted by Gasteiger charge is 2.23. The molecule has 0 heterocycles. The Kier molecular flexibility index (Phi) is 6.18. The summed E-state index contributed by atoms with van der Waals surface area (Å²) in [6.45, 7) is 2.00. The van der Waals surface area contributed by atoms with Gasteiger partial charge in [0, 0.05) is 17.0 Å². The topological polar surface area (TPSA) is 55.4 Å². The van der Waals surface area contributed by atoms with Crippen molar-refractivity contribution in [1.82, 2.24) is 5.32 Å². The van der Waals surface area contributed by atoms with Gasteiger partial charge in [-0.1, -0.05) is 41.9 Å². The molecule has 2 aromatic carbocycles. The number of esters is 1. The Bertz CT molecular complexity index is 656. The molecule has 0 aromatic heterocycles. The standard InChI is InChI=1S/C18H18ClNO3/c1-2-23-18(22)16(12-13-6-4-3-5-7-13)20-17(21)14-8-10-15(19)11-9-14/h3-11,16H,2,12H2,1H3,(H,20,21). The van der Waals surface area contributed by atoms with Gasteiger partial charge in [0.2, 0.25) is 0 Å². The van der Waals surface area contributed by atoms with Crippen LogP contribution >= 0.6 is 11.6 Å². The number of hydrogen-bond acceptors (Lipinski definition) is 3. The summed E-state index contributed by atoms with van der Waals surface area (Å²) in [5, 5.41) is 3.28. The Morgan fingerprint density at radius 3 is 2.35 bits per heavy atom. The number of hydrogen-bond donors (Lipinski definition) is 1. The van der Waals surface area contributed by atoms with E-state index in [0.717, 1.165) is 5.56 Å². The van der Waals surface area contributed by atoms with Crippen LogP contribution in [0.3, 0.4) is 0 Å². The number of benzene rings is 2. The van der Waals surface area contributed by atoms with Crippen LogP contribution in [0.2, 0.25) is 5.02 Å². The summed E-state index contributed by atoms with van der Waals surface area (Å²) in [7, 11) is 0. The molecule has 0 aliphatic heterocycles. The molecule has 1 amide bonds. The maximum Gasteiger partial charge on any atom is 0.328 e. The first-order valence-corrected chi connectivity index (χ1v) is 7.75. The van der Waals surface area contributed by atoms with Crippen molar-refractivity contribution in [1.29, 1.82) is 0 Å². The molecular weight excluding hydrogens is 314 g/mol. The van der Waals surface area contributed by atoms with Crippen molar-refractivity contribution < 1.29 is 14.3 Å². The zero-order valence-electron chi connectivity index (χ0n) is 12.8. The highest BCUT2D eigenvalue weighted by molar-refractivity contribution is 6.30. The second-order valence-corrected chi connectivity index (χ2v) is 5.41. The maximum atomic E-state index is 12.3. The molecule has 0 radical (unpaired) electrons. The molecule has 4 nitrogen and oxygen atoms in total. The number of amides is 1. The maximum absolute atomic E-state index is 12.3. The Labute approximate surface area is 140 Å². The fourth-order valence-electron chi connectivity index (χ4n) is 2.13. The summed E-state index contributed by atoms with van der Waals surface area (Å²) in [5.41, 5.74) is 1.39. The SMILES string of the molecule is CCOC(=O)C(Cc1ccccc1)NC(=O)c1ccc(Cl)cc1. The number of carbonyl (C=O) groups excluding carboxylic acids is 2. The molecular formula is C18H18ClNO3. The van der Waals surface area contributed by atoms with Crippen molar-refractivity contribution >= 4 is 23.5 Å². The normalized spacial score (nSPS) is 11.6. The van der Waals surface area contributed by atoms with E-state index in [9.17, 15) is 9.59 Å². The van der Waals surface area contributed by atoms with Gasteiger partial charge in [-0.2, -0.15) is 0 Å². The number of nitrogens with one attached hydrogen (secondary N) is 1. The van der Waals surface area contributed by atoms with Crippen LogP contribution in [-0.2, 0) is 16.0 Å². The van der Waals surface area contributed by atoms with Gasteiger partial charge < -0.3 is 10.1 Å². The highest BCUT2D eigenvalue weighted by atomic mass is 35.5. The number of ether oxygens (including phenoxy) is 1. The van der Waals surface area contributed by atoms with Gasteiger partial charge in [-0.3, -0.25) is 4.79 Å². The molecule has 120 valence electrons. The zero-order chi connectivity index (χ0) is 16.7. The van der Waals surface area contributed by atoms with Gasteiger partial charge in [0.25, 0.3) is 5.91 Å². The summed E-state index contributed by atoms with van der Waals surface area (Å²) in [5.74, 6) is -0.783. The van der Waals surface area contributed by atoms with Gasteiger partial charge >= 0.3 is 5.97 Å². The quantitative estimate of drug-likeness (QED) is 0.827. The lowest BCUT2D eigenvalue weighted by molar-refractivity contribution is -0.145. The second kappa shape index (κ2) is 8.34. The summed E-state index contributed by atoms with van der Waals surface area (Å²) in [6.07, 6.45) is 0.374. The first-order valence-electron chi connectivity index (χ1n) is 7.37. The number of carbonyl (C=O) groups is 2. The first kappa shape index (κ1) is 17.0. The number of halogens is 1. The molecule has 0 spiro atoms. The van der Waals surface area contributed by atoms with Crippen molar-refractivity contribution in [2.45, 2.75) is 19.4 Å². The van der Waals surface area contributed by atoms with Crippen LogP contribution in [0.15, 0.2) is 54.6 Å². The first-order chi connectivity index (χ1) is 11.1. The largest absolute Gasteiger partial charge is 0.464 e. The van der Waals surface area contributed by atoms with E-state index in [1.807, 2.05) is 30.3 Å². The average molecular weight is 332 g/mol. The summed E-state index contributed by atoms with van der Waals surface area (Å²) in [6, 6.07) is 15.2. The third-order valence-electron chi connectivity index (χ3n) is 3.27. The smallest absolute Gasteiger partial charge is 0.328 e. The van der Waals surface area contributed by atoms with Crippen molar-refractivity contribution in [2.75, 3.05) is 6.61 Å². The van der Waals surface area contributed by atoms with Crippen molar-refractivity contribution in [3.8, 4) is 0 Å². The zero-order valence-corrected chi connectivity index (χ0v) is 13.5. The second-order valence-electron chi connectivity index (χ2n) is 4.97. The minimum Gasteiger partial charge on any atom is -0.464 e. The van der Waals surface area contributed by atoms with Gasteiger partial charge in [0.1, 0.15) is 6.04 Å². The molecule has 2 rings (SSSR count). The summed E-state index contributed by atoms with van der Waals surface area (Å²) >= 11 is 5.82. The van der Waals surface area contributed by atoms with Gasteiger partial charge in [0.05, 0.1) is 6.61 Å². The van der Waals surface area contributed by atoms with Crippen molar-refractivity contribution in [3.63, 3.8) is 0 Å². The van der Waals surface area contributed by atoms with Crippen molar-refractivity contribution in [2.24, 2.45) is 0 Å². The highest BCUT2D eigenvalue weighted by Crippen LogP contribution is 2.11. The van der Waals surface area contributed by atoms with Gasteiger partial charge in [0.15, 0.2) is 0 Å². The fourth-order valence-corrected chi connectivity index (χ4v) is 2.25. The molecule has 0 aliphatic carbocycles. The van der Waals surface area contributed by atoms with E-state index >= 15 is 0 Å². The van der Waals surface area contributed by atoms with Crippen LogP contribution in [0.5, 0.6) is 0 Å². The molecule has 0 bridgehead atoms. The molecule has 1 unspecified atom stereocenters. The van der Waals surface area contributed by atoms with Crippen LogP contribution < -0.4 is 5.32 Å². The van der Waals surface area contributed by atoms with E-state index in [0.29, 0.717) is 17.0 Å². The minimum absolute atomic E-state index is 0.265. The summed E-state index contributed by atoms with van der Waals surface area (Å²) < 4.78 is 5.06. The van der Waals surface area contributed by atoms with Crippen LogP contribution in [0.1, 0.15) is 22.8 Å². The number of rotatable bonds is 6. The molecule has 23 heavy (non-hydrogen) atoms. The Balaban J connectivity index is 2.11. The molecule has 0 saturated heterocycles. The van der Waals surface area contributed by atoms with E-state index in [1.54, 1.807) is 31.2 Å². The lowest BCUT2D eigenvalue weighted by atomic mass is 10.1. The lowest BCUT2D eigenvalue weighted by Crippen LogP contribution is -2.43. The van der Waals surface area contributed by atoms with Crippen LogP contribution in [0.25, 0.3) is 0 Å². The van der Waals surface area contributed by atoms with E-state index in [4.69, 9.17) is 16.3 Å². The molecule has 1 atom stereocenters. The molecule has 5 heteroatoms.